The van der Waals surface area contributed by atoms with Crippen LogP contribution in [0.1, 0.15) is 52.7 Å². The van der Waals surface area contributed by atoms with E-state index in [1.807, 2.05) is 12.1 Å². The molecular formula is C30H25F4N7O4. The molecule has 11 nitrogen and oxygen atoms in total. The molecule has 0 unspecified atom stereocenters. The number of nitrogens with one attached hydrogen (secondary N) is 3. The standard InChI is InChI=1S/C30H25F4N7O4/c31-29(32)24-16-22(12-15-25(24)44-30(33,34)45-29)35-28(43)41(23-13-10-20(11-14-23)19-4-2-1-3-5-19)17-18-6-8-21(9-7-18)26(42)36-27-37-39-40-38-27/h4,6-16H,1-3,5,17H2,(H,35,43)(H2,36,37,38,39,40,42). The van der Waals surface area contributed by atoms with Gasteiger partial charge < -0.3 is 10.1 Å². The number of anilines is 3. The van der Waals surface area contributed by atoms with Crippen LogP contribution in [0.5, 0.6) is 5.75 Å². The second kappa shape index (κ2) is 12.0. The van der Waals surface area contributed by atoms with Crippen LogP contribution in [0.3, 0.4) is 0 Å². The summed E-state index contributed by atoms with van der Waals surface area (Å²) >= 11 is 0. The molecule has 0 radical (unpaired) electrons. The number of benzene rings is 3. The number of urea groups is 1. The molecule has 0 spiro atoms. The van der Waals surface area contributed by atoms with E-state index in [-0.39, 0.29) is 18.2 Å². The maximum absolute atomic E-state index is 14.4. The molecule has 1 aromatic heterocycles. The van der Waals surface area contributed by atoms with Crippen molar-refractivity contribution in [2.45, 2.75) is 44.6 Å². The van der Waals surface area contributed by atoms with Crippen LogP contribution in [-0.2, 0) is 17.4 Å². The van der Waals surface area contributed by atoms with E-state index in [4.69, 9.17) is 0 Å². The third kappa shape index (κ3) is 6.77. The lowest BCUT2D eigenvalue weighted by atomic mass is 9.93. The van der Waals surface area contributed by atoms with Gasteiger partial charge >= 0.3 is 18.4 Å². The number of aromatic nitrogens is 4. The zero-order valence-corrected chi connectivity index (χ0v) is 23.4. The quantitative estimate of drug-likeness (QED) is 0.196. The first-order valence-corrected chi connectivity index (χ1v) is 13.9. The number of hydrogen-bond donors (Lipinski definition) is 3. The molecule has 1 aliphatic heterocycles. The number of allylic oxidation sites excluding steroid dienone is 2. The van der Waals surface area contributed by atoms with E-state index < -0.39 is 35.7 Å². The van der Waals surface area contributed by atoms with Crippen molar-refractivity contribution in [1.82, 2.24) is 20.6 Å². The number of alkyl halides is 4. The van der Waals surface area contributed by atoms with Crippen LogP contribution >= 0.6 is 0 Å². The van der Waals surface area contributed by atoms with Gasteiger partial charge in [0.05, 0.1) is 12.1 Å². The second-order valence-electron chi connectivity index (χ2n) is 10.3. The van der Waals surface area contributed by atoms with Crippen LogP contribution in [0.4, 0.5) is 39.7 Å². The van der Waals surface area contributed by atoms with Gasteiger partial charge in [-0.3, -0.25) is 15.0 Å². The number of ether oxygens (including phenoxy) is 2. The highest BCUT2D eigenvalue weighted by Gasteiger charge is 2.54. The van der Waals surface area contributed by atoms with Crippen molar-refractivity contribution in [2.75, 3.05) is 15.5 Å². The SMILES string of the molecule is O=C(Nc1nn[nH]n1)c1ccc(CN(C(=O)Nc2ccc3c(c2)C(F)(F)OC(F)(F)O3)c2ccc(C3=CCCCC3)cc2)cc1. The topological polar surface area (TPSA) is 134 Å². The van der Waals surface area contributed by atoms with E-state index in [1.165, 1.54) is 16.5 Å². The third-order valence-corrected chi connectivity index (χ3v) is 7.23. The Kier molecular flexibility index (Phi) is 7.93. The number of amides is 3. The lowest BCUT2D eigenvalue weighted by Crippen LogP contribution is -2.41. The maximum Gasteiger partial charge on any atom is 0.540 e. The average Bonchev–Trinajstić information content (AvgIpc) is 3.53. The average molecular weight is 624 g/mol. The van der Waals surface area contributed by atoms with Gasteiger partial charge in [-0.2, -0.15) is 14.0 Å². The Hall–Kier alpha value is -5.31. The second-order valence-corrected chi connectivity index (χ2v) is 10.3. The first-order valence-electron chi connectivity index (χ1n) is 13.9. The van der Waals surface area contributed by atoms with Gasteiger partial charge in [0.1, 0.15) is 5.75 Å². The molecule has 232 valence electrons. The lowest BCUT2D eigenvalue weighted by molar-refractivity contribution is -0.461. The fourth-order valence-electron chi connectivity index (χ4n) is 5.04. The number of tetrazole rings is 1. The van der Waals surface area contributed by atoms with Crippen molar-refractivity contribution < 1.29 is 36.6 Å². The van der Waals surface area contributed by atoms with Crippen LogP contribution in [0.15, 0.2) is 72.8 Å². The predicted octanol–water partition coefficient (Wildman–Crippen LogP) is 6.66. The Labute approximate surface area is 253 Å². The number of fused-ring (bicyclic) bond motifs is 1. The Morgan fingerprint density at radius 3 is 2.42 bits per heavy atom. The summed E-state index contributed by atoms with van der Waals surface area (Å²) in [6, 6.07) is 16.0. The maximum atomic E-state index is 14.4. The van der Waals surface area contributed by atoms with E-state index in [0.29, 0.717) is 16.8 Å². The number of nitrogens with zero attached hydrogens (tertiary/aromatic N) is 4. The largest absolute Gasteiger partial charge is 0.540 e. The van der Waals surface area contributed by atoms with Crippen LogP contribution in [-0.4, -0.2) is 38.9 Å². The summed E-state index contributed by atoms with van der Waals surface area (Å²) < 4.78 is 63.4. The van der Waals surface area contributed by atoms with Crippen molar-refractivity contribution >= 4 is 34.8 Å². The molecule has 3 amide bonds. The molecule has 6 rings (SSSR count). The Morgan fingerprint density at radius 2 is 1.73 bits per heavy atom. The van der Waals surface area contributed by atoms with E-state index in [9.17, 15) is 27.2 Å². The number of carbonyl (C=O) groups is 2. The first kappa shape index (κ1) is 29.7. The molecule has 4 aromatic rings. The van der Waals surface area contributed by atoms with Gasteiger partial charge in [0.25, 0.3) is 11.9 Å². The summed E-state index contributed by atoms with van der Waals surface area (Å²) in [5.41, 5.74) is 2.64. The van der Waals surface area contributed by atoms with Crippen molar-refractivity contribution in [3.05, 3.63) is 95.1 Å². The number of hydrogen-bond acceptors (Lipinski definition) is 7. The van der Waals surface area contributed by atoms with E-state index in [1.54, 1.807) is 36.4 Å². The molecule has 3 N–H and O–H groups in total. The summed E-state index contributed by atoms with van der Waals surface area (Å²) in [5.74, 6) is -1.24. The minimum absolute atomic E-state index is 0.00568. The normalized spacial score (nSPS) is 16.5. The summed E-state index contributed by atoms with van der Waals surface area (Å²) in [6.45, 7) is 0.0279. The van der Waals surface area contributed by atoms with Gasteiger partial charge in [-0.1, -0.05) is 35.4 Å². The molecule has 0 bridgehead atoms. The molecule has 0 atom stereocenters. The smallest absolute Gasteiger partial charge is 0.409 e. The Bertz CT molecular complexity index is 1730. The van der Waals surface area contributed by atoms with Crippen molar-refractivity contribution in [2.24, 2.45) is 0 Å². The highest BCUT2D eigenvalue weighted by molar-refractivity contribution is 6.03. The molecular weight excluding hydrogens is 598 g/mol. The van der Waals surface area contributed by atoms with Crippen molar-refractivity contribution in [1.29, 1.82) is 0 Å². The molecule has 0 fully saturated rings. The fraction of sp³-hybridized carbons (Fsp3) is 0.233. The minimum Gasteiger partial charge on any atom is -0.409 e. The van der Waals surface area contributed by atoms with E-state index in [0.717, 1.165) is 43.4 Å². The zero-order chi connectivity index (χ0) is 31.6. The highest BCUT2D eigenvalue weighted by atomic mass is 19.3. The summed E-state index contributed by atoms with van der Waals surface area (Å²) in [5, 5.41) is 18.0. The van der Waals surface area contributed by atoms with Crippen LogP contribution in [0.2, 0.25) is 0 Å². The van der Waals surface area contributed by atoms with Crippen LogP contribution in [0.25, 0.3) is 5.57 Å². The zero-order valence-electron chi connectivity index (χ0n) is 23.4. The molecule has 15 heteroatoms. The van der Waals surface area contributed by atoms with Gasteiger partial charge in [0, 0.05) is 16.9 Å². The van der Waals surface area contributed by atoms with Gasteiger partial charge in [-0.25, -0.2) is 9.53 Å². The molecule has 2 aliphatic rings. The van der Waals surface area contributed by atoms with Crippen molar-refractivity contribution in [3.63, 3.8) is 0 Å². The lowest BCUT2D eigenvalue weighted by Gasteiger charge is -2.31. The number of H-pyrrole nitrogens is 1. The first-order chi connectivity index (χ1) is 21.6. The molecule has 0 saturated carbocycles. The Balaban J connectivity index is 1.25. The number of rotatable bonds is 7. The minimum atomic E-state index is -4.51. The van der Waals surface area contributed by atoms with Gasteiger partial charge in [-0.05, 0) is 90.1 Å². The fourth-order valence-corrected chi connectivity index (χ4v) is 5.04. The van der Waals surface area contributed by atoms with Gasteiger partial charge in [0.2, 0.25) is 0 Å². The molecule has 45 heavy (non-hydrogen) atoms. The summed E-state index contributed by atoms with van der Waals surface area (Å²) in [6.07, 6.45) is -2.48. The molecule has 2 heterocycles. The molecule has 1 aliphatic carbocycles. The Morgan fingerprint density at radius 1 is 0.956 bits per heavy atom. The monoisotopic (exact) mass is 623 g/mol. The van der Waals surface area contributed by atoms with E-state index >= 15 is 0 Å². The van der Waals surface area contributed by atoms with E-state index in [2.05, 4.69) is 46.8 Å². The molecule has 3 aromatic carbocycles. The number of carbonyl (C=O) groups excluding carboxylic acids is 2. The van der Waals surface area contributed by atoms with Gasteiger partial charge in [-0.15, -0.1) is 13.9 Å². The molecule has 0 saturated heterocycles. The number of halogens is 4. The highest BCUT2D eigenvalue weighted by Crippen LogP contribution is 2.47. The van der Waals surface area contributed by atoms with Crippen LogP contribution < -0.4 is 20.3 Å². The summed E-state index contributed by atoms with van der Waals surface area (Å²) in [4.78, 5) is 27.5. The summed E-state index contributed by atoms with van der Waals surface area (Å²) in [7, 11) is 0. The van der Waals surface area contributed by atoms with Crippen LogP contribution in [0, 0.1) is 0 Å². The van der Waals surface area contributed by atoms with Gasteiger partial charge in [0.15, 0.2) is 0 Å². The number of aromatic amines is 1. The third-order valence-electron chi connectivity index (χ3n) is 7.23. The predicted molar refractivity (Wildman–Crippen MR) is 154 cm³/mol. The van der Waals surface area contributed by atoms with Crippen molar-refractivity contribution in [3.8, 4) is 5.75 Å².